The minimum Gasteiger partial charge on any atom is -0.469 e. The number of hydrogen-bond donors (Lipinski definition) is 0. The lowest BCUT2D eigenvalue weighted by molar-refractivity contribution is -0.167. The third-order valence-corrected chi connectivity index (χ3v) is 7.61. The lowest BCUT2D eigenvalue weighted by atomic mass is 9.46. The molecule has 0 heterocycles. The van der Waals surface area contributed by atoms with E-state index in [0.29, 0.717) is 0 Å². The molecule has 3 rings (SSSR count). The second kappa shape index (κ2) is 7.15. The Labute approximate surface area is 163 Å². The van der Waals surface area contributed by atoms with Gasteiger partial charge in [-0.15, -0.1) is 0 Å². The van der Waals surface area contributed by atoms with Gasteiger partial charge in [-0.3, -0.25) is 4.79 Å². The highest BCUT2D eigenvalue weighted by Crippen LogP contribution is 2.62. The Balaban J connectivity index is 2.02. The van der Waals surface area contributed by atoms with Crippen LogP contribution in [0.2, 0.25) is 0 Å². The van der Waals surface area contributed by atoms with Crippen LogP contribution in [-0.4, -0.2) is 13.1 Å². The van der Waals surface area contributed by atoms with Crippen LogP contribution in [0.5, 0.6) is 0 Å². The van der Waals surface area contributed by atoms with E-state index in [9.17, 15) is 10.1 Å². The molecule has 1 aromatic rings. The molecule has 0 aromatic heterocycles. The van der Waals surface area contributed by atoms with Crippen LogP contribution in [0.15, 0.2) is 30.4 Å². The Morgan fingerprint density at radius 1 is 1.37 bits per heavy atom. The molecule has 144 valence electrons. The Bertz CT molecular complexity index is 805. The third-order valence-electron chi connectivity index (χ3n) is 7.61. The summed E-state index contributed by atoms with van der Waals surface area (Å²) in [6, 6.07) is 8.31. The molecule has 0 aliphatic heterocycles. The van der Waals surface area contributed by atoms with Crippen molar-refractivity contribution < 1.29 is 9.53 Å². The van der Waals surface area contributed by atoms with Gasteiger partial charge in [0.1, 0.15) is 0 Å². The van der Waals surface area contributed by atoms with E-state index in [0.717, 1.165) is 49.7 Å². The average molecular weight is 366 g/mol. The van der Waals surface area contributed by atoms with Crippen molar-refractivity contribution in [3.63, 3.8) is 0 Å². The average Bonchev–Trinajstić information content (AvgIpc) is 2.64. The summed E-state index contributed by atoms with van der Waals surface area (Å²) in [4.78, 5) is 12.7. The highest BCUT2D eigenvalue weighted by atomic mass is 16.5. The normalized spacial score (nSPS) is 33.1. The summed E-state index contributed by atoms with van der Waals surface area (Å²) in [6.45, 7) is 11.0. The molecule has 4 atom stereocenters. The monoisotopic (exact) mass is 365 g/mol. The van der Waals surface area contributed by atoms with Gasteiger partial charge >= 0.3 is 5.97 Å². The van der Waals surface area contributed by atoms with E-state index in [1.54, 1.807) is 0 Å². The standard InChI is InChI=1S/C24H31NO2/c1-16-8-6-9-18(15-25)19(16)14-20-17(2)10-11-21-23(20,3)12-7-13-24(21,4)22(26)27-5/h6,8-9,20-21H,2,7,10-14H2,1,3-5H3/t20-,21?,23+,24-/m0/s1. The van der Waals surface area contributed by atoms with Gasteiger partial charge in [0.05, 0.1) is 24.2 Å². The van der Waals surface area contributed by atoms with Gasteiger partial charge in [0.25, 0.3) is 0 Å². The number of allylic oxidation sites excluding steroid dienone is 1. The van der Waals surface area contributed by atoms with Crippen LogP contribution in [0.25, 0.3) is 0 Å². The predicted molar refractivity (Wildman–Crippen MR) is 107 cm³/mol. The highest BCUT2D eigenvalue weighted by Gasteiger charge is 2.57. The third kappa shape index (κ3) is 3.10. The number of hydrogen-bond acceptors (Lipinski definition) is 3. The molecule has 3 heteroatoms. The molecule has 1 aromatic carbocycles. The molecule has 0 N–H and O–H groups in total. The van der Waals surface area contributed by atoms with Crippen LogP contribution in [0, 0.1) is 40.9 Å². The number of rotatable bonds is 3. The fourth-order valence-corrected chi connectivity index (χ4v) is 6.09. The highest BCUT2D eigenvalue weighted by molar-refractivity contribution is 5.77. The van der Waals surface area contributed by atoms with Gasteiger partial charge in [-0.1, -0.05) is 37.6 Å². The Hall–Kier alpha value is -2.08. The molecule has 2 aliphatic carbocycles. The first kappa shape index (κ1) is 19.7. The number of aryl methyl sites for hydroxylation is 1. The molecular weight excluding hydrogens is 334 g/mol. The topological polar surface area (TPSA) is 50.1 Å². The van der Waals surface area contributed by atoms with Gasteiger partial charge in [0.15, 0.2) is 0 Å². The maximum absolute atomic E-state index is 12.7. The second-order valence-corrected chi connectivity index (χ2v) is 8.99. The first-order valence-electron chi connectivity index (χ1n) is 10.0. The van der Waals surface area contributed by atoms with Gasteiger partial charge in [-0.25, -0.2) is 0 Å². The number of methoxy groups -OCH3 is 1. The van der Waals surface area contributed by atoms with Crippen molar-refractivity contribution in [1.29, 1.82) is 5.26 Å². The number of carbonyl (C=O) groups excluding carboxylic acids is 1. The maximum atomic E-state index is 12.7. The number of benzene rings is 1. The van der Waals surface area contributed by atoms with Crippen molar-refractivity contribution in [2.75, 3.05) is 7.11 Å². The molecule has 27 heavy (non-hydrogen) atoms. The smallest absolute Gasteiger partial charge is 0.311 e. The molecule has 1 unspecified atom stereocenters. The second-order valence-electron chi connectivity index (χ2n) is 8.99. The zero-order chi connectivity index (χ0) is 19.8. The molecule has 0 spiro atoms. The van der Waals surface area contributed by atoms with E-state index in [2.05, 4.69) is 39.5 Å². The lowest BCUT2D eigenvalue weighted by Crippen LogP contribution is -2.54. The van der Waals surface area contributed by atoms with E-state index in [4.69, 9.17) is 4.74 Å². The van der Waals surface area contributed by atoms with Crippen molar-refractivity contribution in [2.45, 2.75) is 59.3 Å². The predicted octanol–water partition coefficient (Wildman–Crippen LogP) is 5.36. The van der Waals surface area contributed by atoms with Crippen LogP contribution in [0.4, 0.5) is 0 Å². The molecule has 2 saturated carbocycles. The van der Waals surface area contributed by atoms with Crippen LogP contribution >= 0.6 is 0 Å². The Kier molecular flexibility index (Phi) is 5.21. The van der Waals surface area contributed by atoms with Crippen molar-refractivity contribution in [3.05, 3.63) is 47.0 Å². The number of ether oxygens (including phenoxy) is 1. The van der Waals surface area contributed by atoms with Crippen molar-refractivity contribution in [2.24, 2.45) is 22.7 Å². The molecule has 3 nitrogen and oxygen atoms in total. The fourth-order valence-electron chi connectivity index (χ4n) is 6.09. The van der Waals surface area contributed by atoms with Gasteiger partial charge in [0.2, 0.25) is 0 Å². The molecule has 2 fully saturated rings. The summed E-state index contributed by atoms with van der Waals surface area (Å²) in [5.41, 5.74) is 3.92. The lowest BCUT2D eigenvalue weighted by Gasteiger charge is -2.57. The fraction of sp³-hybridized carbons (Fsp3) is 0.583. The zero-order valence-corrected chi connectivity index (χ0v) is 17.1. The first-order valence-corrected chi connectivity index (χ1v) is 10.0. The van der Waals surface area contributed by atoms with Crippen LogP contribution < -0.4 is 0 Å². The number of nitrogens with zero attached hydrogens (tertiary/aromatic N) is 1. The SMILES string of the molecule is C=C1CCC2[C@](C)(CCC[C@]2(C)C(=O)OC)[C@H]1Cc1c(C)cccc1C#N. The summed E-state index contributed by atoms with van der Waals surface area (Å²) in [5.74, 6) is 0.503. The summed E-state index contributed by atoms with van der Waals surface area (Å²) >= 11 is 0. The summed E-state index contributed by atoms with van der Waals surface area (Å²) in [6.07, 6.45) is 5.80. The summed E-state index contributed by atoms with van der Waals surface area (Å²) < 4.78 is 5.22. The molecular formula is C24H31NO2. The number of nitriles is 1. The molecule has 0 radical (unpaired) electrons. The van der Waals surface area contributed by atoms with Crippen LogP contribution in [-0.2, 0) is 16.0 Å². The first-order chi connectivity index (χ1) is 12.8. The Morgan fingerprint density at radius 2 is 2.11 bits per heavy atom. The van der Waals surface area contributed by atoms with E-state index in [1.807, 2.05) is 12.1 Å². The van der Waals surface area contributed by atoms with E-state index in [-0.39, 0.29) is 23.2 Å². The van der Waals surface area contributed by atoms with Crippen molar-refractivity contribution in [1.82, 2.24) is 0 Å². The van der Waals surface area contributed by atoms with Crippen LogP contribution in [0.1, 0.15) is 62.6 Å². The minimum absolute atomic E-state index is 0.00549. The van der Waals surface area contributed by atoms with Crippen molar-refractivity contribution >= 4 is 5.97 Å². The number of fused-ring (bicyclic) bond motifs is 1. The van der Waals surface area contributed by atoms with E-state index >= 15 is 0 Å². The van der Waals surface area contributed by atoms with Gasteiger partial charge in [0, 0.05) is 0 Å². The number of carbonyl (C=O) groups is 1. The molecule has 0 amide bonds. The van der Waals surface area contributed by atoms with Gasteiger partial charge < -0.3 is 4.74 Å². The zero-order valence-electron chi connectivity index (χ0n) is 17.1. The maximum Gasteiger partial charge on any atom is 0.311 e. The summed E-state index contributed by atoms with van der Waals surface area (Å²) in [5, 5.41) is 9.59. The van der Waals surface area contributed by atoms with Crippen molar-refractivity contribution in [3.8, 4) is 6.07 Å². The summed E-state index contributed by atoms with van der Waals surface area (Å²) in [7, 11) is 1.51. The largest absolute Gasteiger partial charge is 0.469 e. The van der Waals surface area contributed by atoms with Gasteiger partial charge in [-0.2, -0.15) is 5.26 Å². The van der Waals surface area contributed by atoms with E-state index in [1.165, 1.54) is 18.2 Å². The Morgan fingerprint density at radius 3 is 2.78 bits per heavy atom. The molecule has 0 bridgehead atoms. The minimum atomic E-state index is -0.426. The number of esters is 1. The molecule has 0 saturated heterocycles. The van der Waals surface area contributed by atoms with E-state index < -0.39 is 5.41 Å². The molecule has 2 aliphatic rings. The quantitative estimate of drug-likeness (QED) is 0.535. The van der Waals surface area contributed by atoms with Crippen LogP contribution in [0.3, 0.4) is 0 Å². The van der Waals surface area contributed by atoms with Gasteiger partial charge in [-0.05, 0) is 80.4 Å².